The SMILES string of the molecule is CCN(C1CC1)S(=O)(=O)c1ccsc1CO. The van der Waals surface area contributed by atoms with Gasteiger partial charge in [-0.2, -0.15) is 4.31 Å². The molecule has 90 valence electrons. The van der Waals surface area contributed by atoms with Crippen LogP contribution < -0.4 is 0 Å². The lowest BCUT2D eigenvalue weighted by molar-refractivity contribution is 0.282. The zero-order chi connectivity index (χ0) is 11.8. The average molecular weight is 261 g/mol. The molecule has 1 aliphatic carbocycles. The molecule has 1 aromatic heterocycles. The summed E-state index contributed by atoms with van der Waals surface area (Å²) in [7, 11) is -3.40. The Balaban J connectivity index is 2.37. The van der Waals surface area contributed by atoms with Gasteiger partial charge in [0.15, 0.2) is 0 Å². The Kier molecular flexibility index (Phi) is 3.34. The van der Waals surface area contributed by atoms with Gasteiger partial charge in [-0.05, 0) is 24.3 Å². The van der Waals surface area contributed by atoms with E-state index in [4.69, 9.17) is 5.11 Å². The minimum Gasteiger partial charge on any atom is -0.391 e. The molecule has 1 aromatic rings. The third-order valence-corrected chi connectivity index (χ3v) is 5.85. The maximum Gasteiger partial charge on any atom is 0.244 e. The normalized spacial score (nSPS) is 16.9. The second-order valence-corrected chi connectivity index (χ2v) is 6.67. The maximum atomic E-state index is 12.3. The number of rotatable bonds is 5. The highest BCUT2D eigenvalue weighted by Gasteiger charge is 2.37. The van der Waals surface area contributed by atoms with Crippen molar-refractivity contribution in [1.29, 1.82) is 0 Å². The van der Waals surface area contributed by atoms with Crippen LogP contribution in [0.2, 0.25) is 0 Å². The second kappa shape index (κ2) is 4.44. The molecule has 0 bridgehead atoms. The molecule has 0 saturated heterocycles. The van der Waals surface area contributed by atoms with Gasteiger partial charge in [0.2, 0.25) is 10.0 Å². The number of aliphatic hydroxyl groups excluding tert-OH is 1. The van der Waals surface area contributed by atoms with E-state index in [2.05, 4.69) is 0 Å². The Morgan fingerprint density at radius 2 is 2.25 bits per heavy atom. The monoisotopic (exact) mass is 261 g/mol. The molecule has 1 N–H and O–H groups in total. The summed E-state index contributed by atoms with van der Waals surface area (Å²) < 4.78 is 26.2. The van der Waals surface area contributed by atoms with E-state index in [9.17, 15) is 8.42 Å². The van der Waals surface area contributed by atoms with E-state index < -0.39 is 10.0 Å². The molecule has 0 amide bonds. The minimum absolute atomic E-state index is 0.168. The minimum atomic E-state index is -3.40. The summed E-state index contributed by atoms with van der Waals surface area (Å²) in [6, 6.07) is 1.75. The molecule has 0 radical (unpaired) electrons. The average Bonchev–Trinajstić information content (AvgIpc) is 2.95. The smallest absolute Gasteiger partial charge is 0.244 e. The summed E-state index contributed by atoms with van der Waals surface area (Å²) in [6.45, 7) is 2.13. The van der Waals surface area contributed by atoms with Gasteiger partial charge in [-0.1, -0.05) is 6.92 Å². The first-order valence-corrected chi connectivity index (χ1v) is 7.62. The third-order valence-electron chi connectivity index (χ3n) is 2.70. The lowest BCUT2D eigenvalue weighted by Gasteiger charge is -2.19. The first kappa shape index (κ1) is 12.0. The Labute approximate surface area is 99.6 Å². The summed E-state index contributed by atoms with van der Waals surface area (Å²) in [6.07, 6.45) is 1.90. The molecule has 0 aliphatic heterocycles. The van der Waals surface area contributed by atoms with Crippen molar-refractivity contribution in [1.82, 2.24) is 4.31 Å². The number of hydrogen-bond acceptors (Lipinski definition) is 4. The topological polar surface area (TPSA) is 57.6 Å². The molecule has 1 aliphatic rings. The van der Waals surface area contributed by atoms with Gasteiger partial charge in [0.1, 0.15) is 0 Å². The molecule has 6 heteroatoms. The molecule has 4 nitrogen and oxygen atoms in total. The highest BCUT2D eigenvalue weighted by atomic mass is 32.2. The predicted octanol–water partition coefficient (Wildman–Crippen LogP) is 1.41. The van der Waals surface area contributed by atoms with Crippen molar-refractivity contribution in [3.63, 3.8) is 0 Å². The highest BCUT2D eigenvalue weighted by molar-refractivity contribution is 7.89. The summed E-state index contributed by atoms with van der Waals surface area (Å²) >= 11 is 1.28. The van der Waals surface area contributed by atoms with Crippen LogP contribution in [0.15, 0.2) is 16.3 Å². The van der Waals surface area contributed by atoms with Crippen LogP contribution in [0.1, 0.15) is 24.6 Å². The van der Waals surface area contributed by atoms with Crippen molar-refractivity contribution in [2.24, 2.45) is 0 Å². The standard InChI is InChI=1S/C10H15NO3S2/c1-2-11(8-3-4-8)16(13,14)10-5-6-15-9(10)7-12/h5-6,8,12H,2-4,7H2,1H3. The Morgan fingerprint density at radius 1 is 1.56 bits per heavy atom. The molecule has 16 heavy (non-hydrogen) atoms. The first-order valence-electron chi connectivity index (χ1n) is 5.30. The van der Waals surface area contributed by atoms with Crippen LogP contribution in [0.5, 0.6) is 0 Å². The van der Waals surface area contributed by atoms with Gasteiger partial charge >= 0.3 is 0 Å². The zero-order valence-corrected chi connectivity index (χ0v) is 10.7. The molecular weight excluding hydrogens is 246 g/mol. The largest absolute Gasteiger partial charge is 0.391 e. The summed E-state index contributed by atoms with van der Waals surface area (Å²) in [5.41, 5.74) is 0. The number of hydrogen-bond donors (Lipinski definition) is 1. The van der Waals surface area contributed by atoms with Crippen molar-refractivity contribution in [3.8, 4) is 0 Å². The summed E-state index contributed by atoms with van der Waals surface area (Å²) in [5, 5.41) is 10.8. The zero-order valence-electron chi connectivity index (χ0n) is 9.09. The van der Waals surface area contributed by atoms with Crippen LogP contribution in [0.25, 0.3) is 0 Å². The van der Waals surface area contributed by atoms with Crippen molar-refractivity contribution in [2.75, 3.05) is 6.54 Å². The predicted molar refractivity (Wildman–Crippen MR) is 62.8 cm³/mol. The molecule has 2 rings (SSSR count). The van der Waals surface area contributed by atoms with Gasteiger partial charge in [-0.15, -0.1) is 11.3 Å². The highest BCUT2D eigenvalue weighted by Crippen LogP contribution is 2.33. The maximum absolute atomic E-state index is 12.3. The Morgan fingerprint density at radius 3 is 2.75 bits per heavy atom. The van der Waals surface area contributed by atoms with Crippen molar-refractivity contribution >= 4 is 21.4 Å². The molecule has 0 aromatic carbocycles. The first-order chi connectivity index (χ1) is 7.61. The van der Waals surface area contributed by atoms with Crippen LogP contribution in [-0.4, -0.2) is 30.4 Å². The number of sulfonamides is 1. The Bertz CT molecular complexity index is 462. The van der Waals surface area contributed by atoms with E-state index in [0.29, 0.717) is 11.4 Å². The van der Waals surface area contributed by atoms with Crippen LogP contribution >= 0.6 is 11.3 Å². The van der Waals surface area contributed by atoms with Crippen LogP contribution in [0.3, 0.4) is 0 Å². The van der Waals surface area contributed by atoms with E-state index >= 15 is 0 Å². The van der Waals surface area contributed by atoms with Gasteiger partial charge < -0.3 is 5.11 Å². The fraction of sp³-hybridized carbons (Fsp3) is 0.600. The molecule has 1 heterocycles. The molecule has 0 unspecified atom stereocenters. The van der Waals surface area contributed by atoms with Crippen molar-refractivity contribution in [2.45, 2.75) is 37.3 Å². The quantitative estimate of drug-likeness (QED) is 0.872. The van der Waals surface area contributed by atoms with Crippen LogP contribution in [0, 0.1) is 0 Å². The van der Waals surface area contributed by atoms with E-state index in [1.54, 1.807) is 11.4 Å². The van der Waals surface area contributed by atoms with E-state index in [0.717, 1.165) is 12.8 Å². The lowest BCUT2D eigenvalue weighted by Crippen LogP contribution is -2.33. The molecule has 0 atom stereocenters. The molecule has 1 fully saturated rings. The molecule has 1 saturated carbocycles. The fourth-order valence-electron chi connectivity index (χ4n) is 1.79. The second-order valence-electron chi connectivity index (χ2n) is 3.81. The van der Waals surface area contributed by atoms with E-state index in [1.807, 2.05) is 6.92 Å². The van der Waals surface area contributed by atoms with E-state index in [1.165, 1.54) is 15.6 Å². The summed E-state index contributed by atoms with van der Waals surface area (Å²) in [4.78, 5) is 0.799. The Hall–Kier alpha value is -0.430. The van der Waals surface area contributed by atoms with Gasteiger partial charge in [0.25, 0.3) is 0 Å². The molecular formula is C10H15NO3S2. The summed E-state index contributed by atoms with van der Waals surface area (Å²) in [5.74, 6) is 0. The number of nitrogens with zero attached hydrogens (tertiary/aromatic N) is 1. The van der Waals surface area contributed by atoms with Gasteiger partial charge in [0.05, 0.1) is 11.5 Å². The molecule has 0 spiro atoms. The van der Waals surface area contributed by atoms with Crippen molar-refractivity contribution < 1.29 is 13.5 Å². The van der Waals surface area contributed by atoms with Crippen LogP contribution in [0.4, 0.5) is 0 Å². The third kappa shape index (κ3) is 2.02. The van der Waals surface area contributed by atoms with Crippen LogP contribution in [-0.2, 0) is 16.6 Å². The van der Waals surface area contributed by atoms with Gasteiger partial charge in [-0.3, -0.25) is 0 Å². The number of thiophene rings is 1. The fourth-order valence-corrected chi connectivity index (χ4v) is 4.75. The van der Waals surface area contributed by atoms with Gasteiger partial charge in [0, 0.05) is 17.5 Å². The lowest BCUT2D eigenvalue weighted by atomic mass is 10.5. The number of aliphatic hydroxyl groups is 1. The van der Waals surface area contributed by atoms with Crippen molar-refractivity contribution in [3.05, 3.63) is 16.3 Å². The van der Waals surface area contributed by atoms with E-state index in [-0.39, 0.29) is 17.5 Å². The van der Waals surface area contributed by atoms with Gasteiger partial charge in [-0.25, -0.2) is 8.42 Å².